The third-order valence-electron chi connectivity index (χ3n) is 2.62. The molecule has 15 heavy (non-hydrogen) atoms. The molecule has 0 aromatic carbocycles. The first-order valence-electron chi connectivity index (χ1n) is 4.90. The number of hydrogen-bond acceptors (Lipinski definition) is 4. The summed E-state index contributed by atoms with van der Waals surface area (Å²) in [5.41, 5.74) is 0.560. The van der Waals surface area contributed by atoms with Gasteiger partial charge in [0.2, 0.25) is 0 Å². The number of carbonyl (C=O) groups is 1. The largest absolute Gasteiger partial charge is 0.356 e. The van der Waals surface area contributed by atoms with Crippen LogP contribution in [0.3, 0.4) is 0 Å². The molecule has 1 saturated heterocycles. The lowest BCUT2D eigenvalue weighted by Gasteiger charge is -2.15. The smallest absolute Gasteiger partial charge is 0.128 e. The Labute approximate surface area is 88.1 Å². The summed E-state index contributed by atoms with van der Waals surface area (Å²) >= 11 is 0. The third-order valence-corrected chi connectivity index (χ3v) is 2.62. The van der Waals surface area contributed by atoms with Crippen molar-refractivity contribution in [3.8, 4) is 6.07 Å². The molecule has 1 aromatic heterocycles. The van der Waals surface area contributed by atoms with Crippen molar-refractivity contribution in [3.63, 3.8) is 0 Å². The molecule has 0 N–H and O–H groups in total. The van der Waals surface area contributed by atoms with Gasteiger partial charge in [-0.05, 0) is 18.6 Å². The molecule has 0 aliphatic carbocycles. The van der Waals surface area contributed by atoms with E-state index in [0.717, 1.165) is 31.6 Å². The Morgan fingerprint density at radius 2 is 2.47 bits per heavy atom. The fourth-order valence-electron chi connectivity index (χ4n) is 1.75. The van der Waals surface area contributed by atoms with Gasteiger partial charge in [-0.2, -0.15) is 5.26 Å². The Bertz CT molecular complexity index is 393. The van der Waals surface area contributed by atoms with Gasteiger partial charge in [-0.25, -0.2) is 4.98 Å². The first-order valence-corrected chi connectivity index (χ1v) is 4.90. The monoisotopic (exact) mass is 201 g/mol. The number of hydrogen-bond donors (Lipinski definition) is 0. The fourth-order valence-corrected chi connectivity index (χ4v) is 1.75. The first-order chi connectivity index (χ1) is 7.33. The third kappa shape index (κ3) is 1.96. The van der Waals surface area contributed by atoms with E-state index in [2.05, 4.69) is 9.88 Å². The molecule has 1 unspecified atom stereocenters. The maximum atomic E-state index is 10.6. The minimum Gasteiger partial charge on any atom is -0.356 e. The molecule has 0 radical (unpaired) electrons. The maximum absolute atomic E-state index is 10.6. The van der Waals surface area contributed by atoms with Crippen LogP contribution in [-0.2, 0) is 4.79 Å². The second kappa shape index (κ2) is 4.09. The zero-order valence-corrected chi connectivity index (χ0v) is 8.26. The Morgan fingerprint density at radius 1 is 1.60 bits per heavy atom. The van der Waals surface area contributed by atoms with E-state index in [1.165, 1.54) is 0 Å². The highest BCUT2D eigenvalue weighted by Crippen LogP contribution is 2.20. The van der Waals surface area contributed by atoms with Gasteiger partial charge < -0.3 is 9.69 Å². The van der Waals surface area contributed by atoms with Crippen molar-refractivity contribution in [2.45, 2.75) is 6.42 Å². The predicted molar refractivity (Wildman–Crippen MR) is 55.3 cm³/mol. The lowest BCUT2D eigenvalue weighted by atomic mass is 10.1. The van der Waals surface area contributed by atoms with Crippen LogP contribution in [0.2, 0.25) is 0 Å². The van der Waals surface area contributed by atoms with Gasteiger partial charge in [-0.15, -0.1) is 0 Å². The molecule has 1 aliphatic heterocycles. The minimum absolute atomic E-state index is 0.127. The van der Waals surface area contributed by atoms with Crippen LogP contribution in [0.25, 0.3) is 0 Å². The van der Waals surface area contributed by atoms with Crippen LogP contribution in [-0.4, -0.2) is 24.4 Å². The zero-order chi connectivity index (χ0) is 10.7. The Kier molecular flexibility index (Phi) is 2.64. The van der Waals surface area contributed by atoms with Crippen molar-refractivity contribution in [3.05, 3.63) is 23.9 Å². The fraction of sp³-hybridized carbons (Fsp3) is 0.364. The SMILES string of the molecule is N#Cc1ccc(N2CCC(C=O)C2)nc1. The van der Waals surface area contributed by atoms with Crippen LogP contribution in [0.15, 0.2) is 18.3 Å². The summed E-state index contributed by atoms with van der Waals surface area (Å²) in [6.07, 6.45) is 3.46. The highest BCUT2D eigenvalue weighted by Gasteiger charge is 2.22. The summed E-state index contributed by atoms with van der Waals surface area (Å²) < 4.78 is 0. The van der Waals surface area contributed by atoms with E-state index in [0.29, 0.717) is 5.56 Å². The summed E-state index contributed by atoms with van der Waals surface area (Å²) in [5, 5.41) is 8.62. The van der Waals surface area contributed by atoms with Crippen molar-refractivity contribution in [1.82, 2.24) is 4.98 Å². The summed E-state index contributed by atoms with van der Waals surface area (Å²) in [7, 11) is 0. The van der Waals surface area contributed by atoms with Crippen LogP contribution in [0.1, 0.15) is 12.0 Å². The van der Waals surface area contributed by atoms with Gasteiger partial charge in [0.15, 0.2) is 0 Å². The van der Waals surface area contributed by atoms with Gasteiger partial charge >= 0.3 is 0 Å². The van der Waals surface area contributed by atoms with Gasteiger partial charge in [0.25, 0.3) is 0 Å². The molecule has 1 aliphatic rings. The molecule has 1 fully saturated rings. The van der Waals surface area contributed by atoms with Gasteiger partial charge in [0, 0.05) is 25.2 Å². The van der Waals surface area contributed by atoms with E-state index in [1.807, 2.05) is 12.1 Å². The van der Waals surface area contributed by atoms with Gasteiger partial charge in [0.05, 0.1) is 5.56 Å². The van der Waals surface area contributed by atoms with Crippen LogP contribution >= 0.6 is 0 Å². The molecule has 1 aromatic rings. The van der Waals surface area contributed by atoms with Gasteiger partial charge in [-0.3, -0.25) is 0 Å². The van der Waals surface area contributed by atoms with Crippen molar-refractivity contribution in [2.24, 2.45) is 5.92 Å². The topological polar surface area (TPSA) is 57.0 Å². The van der Waals surface area contributed by atoms with Crippen LogP contribution in [0, 0.1) is 17.2 Å². The van der Waals surface area contributed by atoms with Crippen LogP contribution in [0.4, 0.5) is 5.82 Å². The summed E-state index contributed by atoms with van der Waals surface area (Å²) in [6, 6.07) is 5.60. The summed E-state index contributed by atoms with van der Waals surface area (Å²) in [5.74, 6) is 0.973. The van der Waals surface area contributed by atoms with Crippen LogP contribution < -0.4 is 4.90 Å². The Hall–Kier alpha value is -1.89. The molecule has 0 bridgehead atoms. The van der Waals surface area contributed by atoms with E-state index < -0.39 is 0 Å². The van der Waals surface area contributed by atoms with Crippen molar-refractivity contribution in [2.75, 3.05) is 18.0 Å². The number of pyridine rings is 1. The predicted octanol–water partition coefficient (Wildman–Crippen LogP) is 0.978. The molecule has 2 heterocycles. The molecular weight excluding hydrogens is 190 g/mol. The van der Waals surface area contributed by atoms with E-state index in [9.17, 15) is 4.79 Å². The molecule has 4 heteroatoms. The van der Waals surface area contributed by atoms with E-state index in [1.54, 1.807) is 12.3 Å². The average molecular weight is 201 g/mol. The number of nitriles is 1. The highest BCUT2D eigenvalue weighted by molar-refractivity contribution is 5.57. The van der Waals surface area contributed by atoms with Gasteiger partial charge in [-0.1, -0.05) is 0 Å². The molecular formula is C11H11N3O. The number of carbonyl (C=O) groups excluding carboxylic acids is 1. The molecule has 0 amide bonds. The minimum atomic E-state index is 0.127. The van der Waals surface area contributed by atoms with Crippen molar-refractivity contribution in [1.29, 1.82) is 5.26 Å². The lowest BCUT2D eigenvalue weighted by molar-refractivity contribution is -0.110. The second-order valence-corrected chi connectivity index (χ2v) is 3.65. The summed E-state index contributed by atoms with van der Waals surface area (Å²) in [4.78, 5) is 16.9. The van der Waals surface area contributed by atoms with Crippen LogP contribution in [0.5, 0.6) is 0 Å². The maximum Gasteiger partial charge on any atom is 0.128 e. The van der Waals surface area contributed by atoms with Gasteiger partial charge in [0.1, 0.15) is 18.2 Å². The van der Waals surface area contributed by atoms with E-state index >= 15 is 0 Å². The number of aldehydes is 1. The Morgan fingerprint density at radius 3 is 3.00 bits per heavy atom. The second-order valence-electron chi connectivity index (χ2n) is 3.65. The average Bonchev–Trinajstić information content (AvgIpc) is 2.78. The molecule has 1 atom stereocenters. The number of rotatable bonds is 2. The number of nitrogens with zero attached hydrogens (tertiary/aromatic N) is 3. The Balaban J connectivity index is 2.11. The quantitative estimate of drug-likeness (QED) is 0.669. The van der Waals surface area contributed by atoms with E-state index in [4.69, 9.17) is 5.26 Å². The number of aromatic nitrogens is 1. The van der Waals surface area contributed by atoms with Crippen molar-refractivity contribution >= 4 is 12.1 Å². The normalized spacial score (nSPS) is 19.9. The zero-order valence-electron chi connectivity index (χ0n) is 8.26. The number of anilines is 1. The molecule has 0 spiro atoms. The summed E-state index contributed by atoms with van der Waals surface area (Å²) in [6.45, 7) is 1.60. The molecule has 4 nitrogen and oxygen atoms in total. The molecule has 2 rings (SSSR count). The van der Waals surface area contributed by atoms with E-state index in [-0.39, 0.29) is 5.92 Å². The van der Waals surface area contributed by atoms with Crippen molar-refractivity contribution < 1.29 is 4.79 Å². The highest BCUT2D eigenvalue weighted by atomic mass is 16.1. The lowest BCUT2D eigenvalue weighted by Crippen LogP contribution is -2.20. The molecule has 0 saturated carbocycles. The standard InChI is InChI=1S/C11H11N3O/c12-5-9-1-2-11(13-6-9)14-4-3-10(7-14)8-15/h1-2,6,8,10H,3-4,7H2. The first kappa shape index (κ1) is 9.66. The molecule has 76 valence electrons.